The van der Waals surface area contributed by atoms with Crippen LogP contribution in [0.2, 0.25) is 0 Å². The van der Waals surface area contributed by atoms with Gasteiger partial charge >= 0.3 is 0 Å². The highest BCUT2D eigenvalue weighted by Crippen LogP contribution is 2.40. The maximum absolute atomic E-state index is 6.09. The van der Waals surface area contributed by atoms with Crippen LogP contribution >= 0.6 is 31.9 Å². The van der Waals surface area contributed by atoms with Crippen molar-refractivity contribution in [3.05, 3.63) is 258 Å². The van der Waals surface area contributed by atoms with E-state index in [0.717, 1.165) is 42.8 Å². The Morgan fingerprint density at radius 2 is 0.554 bits per heavy atom. The average Bonchev–Trinajstić information content (AvgIpc) is 3.36. The topological polar surface area (TPSA) is 50.1 Å². The van der Waals surface area contributed by atoms with Crippen LogP contribution in [0.5, 0.6) is 0 Å². The number of benzene rings is 11. The Labute approximate surface area is 397 Å². The summed E-state index contributed by atoms with van der Waals surface area (Å²) in [5.74, 6) is 0. The number of nitrogen functional groups attached to an aromatic ring is 1. The largest absolute Gasteiger partial charge is 0.398 e. The van der Waals surface area contributed by atoms with Gasteiger partial charge in [0.15, 0.2) is 0 Å². The van der Waals surface area contributed by atoms with Crippen LogP contribution < -0.4 is 16.4 Å². The number of rotatable bonds is 7. The highest BCUT2D eigenvalue weighted by atomic mass is 79.9. The number of hydrogen-bond acceptors (Lipinski definition) is 3. The molecular formula is C60H45Br2N3. The van der Waals surface area contributed by atoms with Crippen molar-refractivity contribution >= 4 is 92.6 Å². The number of anilines is 5. The van der Waals surface area contributed by atoms with E-state index in [2.05, 4.69) is 237 Å². The Bertz CT molecular complexity index is 3170. The van der Waals surface area contributed by atoms with Gasteiger partial charge in [0.05, 0.1) is 11.4 Å². The average molecular weight is 968 g/mol. The van der Waals surface area contributed by atoms with Crippen molar-refractivity contribution in [3.8, 4) is 33.4 Å². The summed E-state index contributed by atoms with van der Waals surface area (Å²) < 4.78 is 2.19. The predicted molar refractivity (Wildman–Crippen MR) is 287 cm³/mol. The normalized spacial score (nSPS) is 10.7. The monoisotopic (exact) mass is 965 g/mol. The summed E-state index contributed by atoms with van der Waals surface area (Å²) in [4.78, 5) is 0. The smallest absolute Gasteiger partial charge is 0.0623 e. The SMILES string of the molecule is Brc1ccccc1Br.Nc1cccc2cccc(-c3ccccc3)c12.c1ccc(-c2cccc3cccc(Nc4ccccc4Nc4cccc5cccc(-c6ccccc6)c45)c23)cc1. The van der Waals surface area contributed by atoms with Gasteiger partial charge in [0.2, 0.25) is 0 Å². The molecule has 5 heteroatoms. The predicted octanol–water partition coefficient (Wildman–Crippen LogP) is 18.1. The molecule has 11 aromatic carbocycles. The van der Waals surface area contributed by atoms with E-state index in [0.29, 0.717) is 0 Å². The van der Waals surface area contributed by atoms with Gasteiger partial charge in [-0.1, -0.05) is 206 Å². The van der Waals surface area contributed by atoms with Crippen molar-refractivity contribution in [3.63, 3.8) is 0 Å². The van der Waals surface area contributed by atoms with Gasteiger partial charge in [-0.15, -0.1) is 0 Å². The summed E-state index contributed by atoms with van der Waals surface area (Å²) in [6.45, 7) is 0. The maximum atomic E-state index is 6.09. The molecule has 3 nitrogen and oxygen atoms in total. The van der Waals surface area contributed by atoms with Crippen molar-refractivity contribution in [2.24, 2.45) is 0 Å². The van der Waals surface area contributed by atoms with Crippen LogP contribution in [0.3, 0.4) is 0 Å². The molecule has 0 aromatic heterocycles. The van der Waals surface area contributed by atoms with Crippen LogP contribution in [0.15, 0.2) is 258 Å². The molecule has 0 saturated heterocycles. The molecule has 0 unspecified atom stereocenters. The van der Waals surface area contributed by atoms with Gasteiger partial charge < -0.3 is 16.4 Å². The molecule has 0 amide bonds. The Morgan fingerprint density at radius 1 is 0.262 bits per heavy atom. The number of hydrogen-bond donors (Lipinski definition) is 3. The first kappa shape index (κ1) is 42.8. The molecule has 0 saturated carbocycles. The zero-order valence-corrected chi connectivity index (χ0v) is 38.7. The standard InChI is InChI=1S/C38H28N2.C16H13N.C6H4Br2/c1-3-13-27(14-4-1)31-21-9-17-29-19-11-25-35(37(29)31)39-33-23-7-8-24-34(33)40-36-26-12-20-30-18-10-22-32(38(30)36)28-15-5-2-6-16-28;17-15-11-5-9-13-8-4-10-14(16(13)15)12-6-2-1-3-7-12;7-5-3-1-2-4-6(5)8/h1-26,39-40H;1-11H,17H2;1-4H. The van der Waals surface area contributed by atoms with Crippen molar-refractivity contribution < 1.29 is 0 Å². The lowest BCUT2D eigenvalue weighted by molar-refractivity contribution is 1.52. The Hall–Kier alpha value is -7.44. The summed E-state index contributed by atoms with van der Waals surface area (Å²) in [7, 11) is 0. The molecule has 0 bridgehead atoms. The quantitative estimate of drug-likeness (QED) is 0.140. The fourth-order valence-electron chi connectivity index (χ4n) is 8.27. The molecule has 314 valence electrons. The van der Waals surface area contributed by atoms with E-state index >= 15 is 0 Å². The van der Waals surface area contributed by atoms with Gasteiger partial charge in [-0.25, -0.2) is 0 Å². The van der Waals surface area contributed by atoms with E-state index < -0.39 is 0 Å². The second-order valence-corrected chi connectivity index (χ2v) is 17.2. The van der Waals surface area contributed by atoms with Crippen LogP contribution in [0.25, 0.3) is 65.7 Å². The number of nitrogens with one attached hydrogen (secondary N) is 2. The van der Waals surface area contributed by atoms with E-state index in [4.69, 9.17) is 5.73 Å². The van der Waals surface area contributed by atoms with Gasteiger partial charge in [-0.2, -0.15) is 0 Å². The second-order valence-electron chi connectivity index (χ2n) is 15.5. The lowest BCUT2D eigenvalue weighted by atomic mass is 9.96. The minimum atomic E-state index is 0.835. The van der Waals surface area contributed by atoms with Crippen molar-refractivity contribution in [1.82, 2.24) is 0 Å². The third kappa shape index (κ3) is 9.88. The van der Waals surface area contributed by atoms with Gasteiger partial charge in [0, 0.05) is 42.2 Å². The number of para-hydroxylation sites is 2. The molecule has 11 aromatic rings. The highest BCUT2D eigenvalue weighted by molar-refractivity contribution is 9.13. The summed E-state index contributed by atoms with van der Waals surface area (Å²) in [6.07, 6.45) is 0. The van der Waals surface area contributed by atoms with Gasteiger partial charge in [-0.3, -0.25) is 0 Å². The first-order valence-electron chi connectivity index (χ1n) is 21.5. The van der Waals surface area contributed by atoms with Crippen molar-refractivity contribution in [2.45, 2.75) is 0 Å². The van der Waals surface area contributed by atoms with Crippen LogP contribution in [-0.4, -0.2) is 0 Å². The molecule has 0 heterocycles. The van der Waals surface area contributed by atoms with Crippen LogP contribution in [0.1, 0.15) is 0 Å². The fourth-order valence-corrected chi connectivity index (χ4v) is 8.84. The maximum Gasteiger partial charge on any atom is 0.0623 e. The number of nitrogens with two attached hydrogens (primary N) is 1. The molecule has 0 aliphatic heterocycles. The van der Waals surface area contributed by atoms with Crippen molar-refractivity contribution in [1.29, 1.82) is 0 Å². The molecule has 65 heavy (non-hydrogen) atoms. The van der Waals surface area contributed by atoms with E-state index in [1.54, 1.807) is 0 Å². The lowest BCUT2D eigenvalue weighted by Gasteiger charge is -2.19. The molecule has 0 aliphatic rings. The van der Waals surface area contributed by atoms with Gasteiger partial charge in [0.25, 0.3) is 0 Å². The molecule has 0 aliphatic carbocycles. The Morgan fingerprint density at radius 3 is 0.938 bits per heavy atom. The second kappa shape index (κ2) is 20.4. The van der Waals surface area contributed by atoms with E-state index in [-0.39, 0.29) is 0 Å². The molecule has 4 N–H and O–H groups in total. The molecule has 11 rings (SSSR count). The minimum absolute atomic E-state index is 0.835. The Balaban J connectivity index is 0.000000173. The van der Waals surface area contributed by atoms with Crippen LogP contribution in [-0.2, 0) is 0 Å². The minimum Gasteiger partial charge on any atom is -0.398 e. The number of fused-ring (bicyclic) bond motifs is 3. The van der Waals surface area contributed by atoms with Crippen molar-refractivity contribution in [2.75, 3.05) is 16.4 Å². The first-order valence-corrected chi connectivity index (χ1v) is 23.1. The zero-order valence-electron chi connectivity index (χ0n) is 35.5. The molecule has 0 fully saturated rings. The first-order chi connectivity index (χ1) is 32.0. The molecule has 0 spiro atoms. The van der Waals surface area contributed by atoms with Crippen LogP contribution in [0.4, 0.5) is 28.4 Å². The molecular weight excluding hydrogens is 922 g/mol. The number of halogens is 2. The summed E-state index contributed by atoms with van der Waals surface area (Å²) in [5, 5.41) is 14.7. The summed E-state index contributed by atoms with van der Waals surface area (Å²) in [5.41, 5.74) is 18.4. The Kier molecular flexibility index (Phi) is 13.4. The van der Waals surface area contributed by atoms with Gasteiger partial charge in [-0.05, 0) is 124 Å². The summed E-state index contributed by atoms with van der Waals surface area (Å²) in [6, 6.07) is 86.2. The molecule has 0 atom stereocenters. The van der Waals surface area contributed by atoms with Gasteiger partial charge in [0.1, 0.15) is 0 Å². The van der Waals surface area contributed by atoms with E-state index in [1.807, 2.05) is 54.6 Å². The summed E-state index contributed by atoms with van der Waals surface area (Å²) >= 11 is 6.70. The lowest BCUT2D eigenvalue weighted by Crippen LogP contribution is -1.99. The fraction of sp³-hybridized carbons (Fsp3) is 0. The van der Waals surface area contributed by atoms with Crippen LogP contribution in [0, 0.1) is 0 Å². The third-order valence-electron chi connectivity index (χ3n) is 11.3. The zero-order chi connectivity index (χ0) is 44.4. The third-order valence-corrected chi connectivity index (χ3v) is 13.2. The molecule has 0 radical (unpaired) electrons. The van der Waals surface area contributed by atoms with E-state index in [9.17, 15) is 0 Å². The highest BCUT2D eigenvalue weighted by Gasteiger charge is 2.13. The van der Waals surface area contributed by atoms with E-state index in [1.165, 1.54) is 60.3 Å².